The third-order valence-corrected chi connectivity index (χ3v) is 2.29. The van der Waals surface area contributed by atoms with E-state index in [1.165, 1.54) is 6.08 Å². The minimum Gasteiger partial charge on any atom is -0.477 e. The molecule has 0 spiro atoms. The van der Waals surface area contributed by atoms with Gasteiger partial charge in [-0.05, 0) is 38.0 Å². The summed E-state index contributed by atoms with van der Waals surface area (Å²) in [5, 5.41) is 9.44. The van der Waals surface area contributed by atoms with Crippen molar-refractivity contribution in [2.24, 2.45) is 0 Å². The Labute approximate surface area is 105 Å². The van der Waals surface area contributed by atoms with E-state index in [0.717, 1.165) is 12.7 Å². The number of aliphatic carboxylic acids is 1. The number of rotatable bonds is 4. The fourth-order valence-corrected chi connectivity index (χ4v) is 1.08. The highest BCUT2D eigenvalue weighted by Crippen LogP contribution is 2.13. The molecule has 0 fully saturated rings. The number of ether oxygens (including phenoxy) is 1. The second-order valence-electron chi connectivity index (χ2n) is 3.46. The molecule has 0 rings (SSSR count). The van der Waals surface area contributed by atoms with Gasteiger partial charge in [0.2, 0.25) is 0 Å². The van der Waals surface area contributed by atoms with Crippen LogP contribution in [0.2, 0.25) is 0 Å². The summed E-state index contributed by atoms with van der Waals surface area (Å²) in [6.45, 7) is 5.19. The van der Waals surface area contributed by atoms with Crippen molar-refractivity contribution in [2.45, 2.75) is 20.8 Å². The predicted octanol–water partition coefficient (Wildman–Crippen LogP) is 2.65. The zero-order valence-electron chi connectivity index (χ0n) is 10.2. The Morgan fingerprint density at radius 3 is 2.06 bits per heavy atom. The molecule has 0 unspecified atom stereocenters. The van der Waals surface area contributed by atoms with Crippen molar-refractivity contribution in [3.63, 3.8) is 0 Å². The molecule has 0 bridgehead atoms. The van der Waals surface area contributed by atoms with Crippen molar-refractivity contribution in [3.05, 3.63) is 33.9 Å². The number of hydrogen-bond donors (Lipinski definition) is 1. The van der Waals surface area contributed by atoms with Crippen LogP contribution in [0.15, 0.2) is 33.9 Å². The fourth-order valence-electron chi connectivity index (χ4n) is 1.03. The van der Waals surface area contributed by atoms with Crippen molar-refractivity contribution in [1.82, 2.24) is 0 Å². The van der Waals surface area contributed by atoms with E-state index >= 15 is 0 Å². The Morgan fingerprint density at radius 1 is 1.18 bits per heavy atom. The van der Waals surface area contributed by atoms with Crippen LogP contribution in [-0.2, 0) is 14.3 Å². The van der Waals surface area contributed by atoms with Crippen molar-refractivity contribution >= 4 is 23.5 Å². The van der Waals surface area contributed by atoms with Gasteiger partial charge in [0.25, 0.3) is 0 Å². The maximum atomic E-state index is 11.2. The number of esters is 1. The number of halogens is 1. The maximum absolute atomic E-state index is 11.2. The van der Waals surface area contributed by atoms with Crippen LogP contribution in [-0.4, -0.2) is 24.2 Å². The molecule has 0 aliphatic carbocycles. The van der Waals surface area contributed by atoms with Gasteiger partial charge in [0.1, 0.15) is 5.57 Å². The van der Waals surface area contributed by atoms with E-state index in [2.05, 4.69) is 4.74 Å². The van der Waals surface area contributed by atoms with E-state index in [9.17, 15) is 9.59 Å². The molecule has 0 atom stereocenters. The first-order chi connectivity index (χ1) is 7.79. The van der Waals surface area contributed by atoms with Gasteiger partial charge in [-0.3, -0.25) is 0 Å². The van der Waals surface area contributed by atoms with Gasteiger partial charge in [-0.15, -0.1) is 0 Å². The van der Waals surface area contributed by atoms with Crippen LogP contribution < -0.4 is 0 Å². The summed E-state index contributed by atoms with van der Waals surface area (Å²) in [5.41, 5.74) is 0.988. The van der Waals surface area contributed by atoms with Crippen LogP contribution in [0.1, 0.15) is 20.8 Å². The Morgan fingerprint density at radius 2 is 1.71 bits per heavy atom. The van der Waals surface area contributed by atoms with Crippen LogP contribution in [0.25, 0.3) is 0 Å². The molecule has 0 aromatic heterocycles. The van der Waals surface area contributed by atoms with E-state index < -0.39 is 17.5 Å². The number of carbonyl (C=O) groups excluding carboxylic acids is 1. The molecule has 17 heavy (non-hydrogen) atoms. The van der Waals surface area contributed by atoms with Gasteiger partial charge in [-0.25, -0.2) is 9.59 Å². The van der Waals surface area contributed by atoms with Gasteiger partial charge in [0.15, 0.2) is 0 Å². The fraction of sp³-hybridized carbons (Fsp3) is 0.333. The molecule has 94 valence electrons. The molecule has 0 amide bonds. The number of carbonyl (C=O) groups is 2. The van der Waals surface area contributed by atoms with E-state index in [1.807, 2.05) is 0 Å². The van der Waals surface area contributed by atoms with Gasteiger partial charge in [0.05, 0.1) is 7.11 Å². The van der Waals surface area contributed by atoms with Crippen LogP contribution in [0, 0.1) is 0 Å². The van der Waals surface area contributed by atoms with Gasteiger partial charge < -0.3 is 9.84 Å². The van der Waals surface area contributed by atoms with E-state index in [1.54, 1.807) is 26.8 Å². The molecule has 0 radical (unpaired) electrons. The van der Waals surface area contributed by atoms with Gasteiger partial charge in [-0.1, -0.05) is 17.7 Å². The van der Waals surface area contributed by atoms with Gasteiger partial charge in [0, 0.05) is 5.03 Å². The number of hydrogen-bond acceptors (Lipinski definition) is 3. The first kappa shape index (κ1) is 15.4. The van der Waals surface area contributed by atoms with Crippen molar-refractivity contribution in [3.8, 4) is 0 Å². The van der Waals surface area contributed by atoms with Crippen LogP contribution >= 0.6 is 11.6 Å². The lowest BCUT2D eigenvalue weighted by Crippen LogP contribution is -2.13. The lowest BCUT2D eigenvalue weighted by molar-refractivity contribution is -0.142. The highest BCUT2D eigenvalue weighted by atomic mass is 35.5. The summed E-state index contributed by atoms with van der Waals surface area (Å²) in [4.78, 5) is 22.0. The third-order valence-electron chi connectivity index (χ3n) is 2.00. The summed E-state index contributed by atoms with van der Waals surface area (Å²) in [5.74, 6) is -2.21. The third kappa shape index (κ3) is 5.36. The molecule has 0 aliphatic heterocycles. The minimum absolute atomic E-state index is 0.415. The summed E-state index contributed by atoms with van der Waals surface area (Å²) in [6, 6.07) is 0. The Hall–Kier alpha value is -1.55. The first-order valence-corrected chi connectivity index (χ1v) is 5.22. The highest BCUT2D eigenvalue weighted by Gasteiger charge is 2.17. The lowest BCUT2D eigenvalue weighted by Gasteiger charge is -2.01. The van der Waals surface area contributed by atoms with Crippen LogP contribution in [0.3, 0.4) is 0 Å². The van der Waals surface area contributed by atoms with Crippen LogP contribution in [0.4, 0.5) is 0 Å². The summed E-state index contributed by atoms with van der Waals surface area (Å²) >= 11 is 5.77. The quantitative estimate of drug-likeness (QED) is 0.277. The monoisotopic (exact) mass is 258 g/mol. The van der Waals surface area contributed by atoms with Gasteiger partial charge >= 0.3 is 11.9 Å². The topological polar surface area (TPSA) is 63.6 Å². The zero-order valence-corrected chi connectivity index (χ0v) is 11.0. The molecule has 0 saturated carbocycles. The van der Waals surface area contributed by atoms with Crippen molar-refractivity contribution < 1.29 is 19.4 Å². The molecule has 0 aliphatic rings. The SMILES string of the molecule is COC(=O)/C(=C/C(C)=C/C(C)=C(\C)Cl)C(=O)O. The number of allylic oxidation sites excluding steroid dienone is 5. The Balaban J connectivity index is 5.29. The summed E-state index contributed by atoms with van der Waals surface area (Å²) in [6.07, 6.45) is 2.94. The van der Waals surface area contributed by atoms with E-state index in [4.69, 9.17) is 16.7 Å². The number of carboxylic acids is 1. The number of methoxy groups -OCH3 is 1. The van der Waals surface area contributed by atoms with E-state index in [-0.39, 0.29) is 0 Å². The molecule has 5 heteroatoms. The molecule has 0 saturated heterocycles. The molecule has 1 N–H and O–H groups in total. The van der Waals surface area contributed by atoms with Gasteiger partial charge in [-0.2, -0.15) is 0 Å². The van der Waals surface area contributed by atoms with Crippen LogP contribution in [0.5, 0.6) is 0 Å². The first-order valence-electron chi connectivity index (χ1n) is 4.84. The smallest absolute Gasteiger partial charge is 0.345 e. The predicted molar refractivity (Wildman–Crippen MR) is 65.7 cm³/mol. The van der Waals surface area contributed by atoms with Crippen molar-refractivity contribution in [1.29, 1.82) is 0 Å². The molecule has 4 nitrogen and oxygen atoms in total. The average Bonchev–Trinajstić information content (AvgIpc) is 2.24. The van der Waals surface area contributed by atoms with E-state index in [0.29, 0.717) is 10.6 Å². The molecule has 0 heterocycles. The largest absolute Gasteiger partial charge is 0.477 e. The lowest BCUT2D eigenvalue weighted by atomic mass is 10.1. The second kappa shape index (κ2) is 6.91. The summed E-state index contributed by atoms with van der Waals surface area (Å²) < 4.78 is 4.37. The van der Waals surface area contributed by atoms with Crippen molar-refractivity contribution in [2.75, 3.05) is 7.11 Å². The Bertz CT molecular complexity index is 412. The highest BCUT2D eigenvalue weighted by molar-refractivity contribution is 6.29. The normalized spacial score (nSPS) is 14.2. The molecule has 0 aromatic carbocycles. The molecular formula is C12H15ClO4. The molecular weight excluding hydrogens is 244 g/mol. The standard InChI is InChI=1S/C12H15ClO4/c1-7(5-8(2)9(3)13)6-10(11(14)15)12(16)17-4/h5-6H,1-4H3,(H,14,15)/b7-5+,9-8+,10-6+. The molecule has 0 aromatic rings. The minimum atomic E-state index is -1.33. The number of carboxylic acid groups (broad SMARTS) is 1. The average molecular weight is 259 g/mol. The second-order valence-corrected chi connectivity index (χ2v) is 4.03. The Kier molecular flexibility index (Phi) is 6.28. The zero-order chi connectivity index (χ0) is 13.6. The maximum Gasteiger partial charge on any atom is 0.345 e. The summed E-state index contributed by atoms with van der Waals surface area (Å²) in [7, 11) is 1.13.